The highest BCUT2D eigenvalue weighted by Gasteiger charge is 2.42. The van der Waals surface area contributed by atoms with Crippen LogP contribution in [0.2, 0.25) is 0 Å². The maximum atomic E-state index is 14.2. The molecule has 4 heterocycles. The molecule has 2 saturated carbocycles. The number of benzene rings is 1. The van der Waals surface area contributed by atoms with Crippen molar-refractivity contribution in [2.24, 2.45) is 0 Å². The second kappa shape index (κ2) is 10.5. The summed E-state index contributed by atoms with van der Waals surface area (Å²) in [6.07, 6.45) is 0.139. The van der Waals surface area contributed by atoms with Crippen LogP contribution in [0.1, 0.15) is 63.5 Å². The Bertz CT molecular complexity index is 1720. The highest BCUT2D eigenvalue weighted by molar-refractivity contribution is 7.91. The molecule has 3 aromatic rings. The fourth-order valence-electron chi connectivity index (χ4n) is 5.96. The van der Waals surface area contributed by atoms with E-state index in [9.17, 15) is 30.8 Å². The second-order valence-corrected chi connectivity index (χ2v) is 14.8. The minimum Gasteiger partial charge on any atom is -0.334 e. The van der Waals surface area contributed by atoms with Crippen LogP contribution in [-0.2, 0) is 29.0 Å². The number of carbonyl (C=O) groups is 1. The van der Waals surface area contributed by atoms with Gasteiger partial charge in [-0.2, -0.15) is 13.2 Å². The summed E-state index contributed by atoms with van der Waals surface area (Å²) in [5, 5.41) is 3.14. The van der Waals surface area contributed by atoms with E-state index in [4.69, 9.17) is 0 Å². The number of aromatic nitrogens is 2. The molecule has 0 spiro atoms. The van der Waals surface area contributed by atoms with E-state index in [1.807, 2.05) is 6.07 Å². The summed E-state index contributed by atoms with van der Waals surface area (Å²) in [7, 11) is -3.89. The summed E-state index contributed by atoms with van der Waals surface area (Å²) >= 11 is 0.727. The molecule has 0 unspecified atom stereocenters. The number of nitrogens with one attached hydrogen (secondary N) is 1. The predicted octanol–water partition coefficient (Wildman–Crippen LogP) is 5.56. The number of fused-ring (bicyclic) bond motifs is 2. The van der Waals surface area contributed by atoms with Gasteiger partial charge in [-0.3, -0.25) is 9.69 Å². The van der Waals surface area contributed by atoms with Crippen LogP contribution in [0.15, 0.2) is 29.3 Å². The van der Waals surface area contributed by atoms with E-state index in [0.717, 1.165) is 66.2 Å². The van der Waals surface area contributed by atoms with Crippen LogP contribution in [0, 0.1) is 0 Å². The number of alkyl halides is 4. The Hall–Kier alpha value is -3.10. The van der Waals surface area contributed by atoms with Gasteiger partial charge in [0, 0.05) is 44.1 Å². The Morgan fingerprint density at radius 2 is 1.86 bits per heavy atom. The number of nitrogens with zero attached hydrogens (tertiary/aromatic N) is 4. The van der Waals surface area contributed by atoms with E-state index in [2.05, 4.69) is 26.3 Å². The molecule has 7 rings (SSSR count). The SMILES string of the molecule is O=C1c2sc(-c3nc(Nc4cc5c(cc4C4CC4)CN(CCF)CC5)ncc3C(F)(F)F)cc2S(=O)(=O)CCN1C1CC1. The molecule has 43 heavy (non-hydrogen) atoms. The summed E-state index contributed by atoms with van der Waals surface area (Å²) in [5.74, 6) is -0.507. The Morgan fingerprint density at radius 1 is 1.07 bits per heavy atom. The molecule has 0 saturated heterocycles. The van der Waals surface area contributed by atoms with Gasteiger partial charge in [-0.25, -0.2) is 22.8 Å². The molecule has 2 fully saturated rings. The van der Waals surface area contributed by atoms with Gasteiger partial charge in [0.25, 0.3) is 5.91 Å². The van der Waals surface area contributed by atoms with Crippen LogP contribution < -0.4 is 5.32 Å². The molecule has 8 nitrogen and oxygen atoms in total. The lowest BCUT2D eigenvalue weighted by atomic mass is 9.94. The number of halogens is 4. The Kier molecular flexibility index (Phi) is 7.01. The molecule has 1 amide bonds. The van der Waals surface area contributed by atoms with Gasteiger partial charge in [0.2, 0.25) is 5.95 Å². The Morgan fingerprint density at radius 3 is 2.56 bits per heavy atom. The standard InChI is InChI=1S/C29H29F4N5O3S2/c30-6-8-37-7-5-17-12-22(20(16-1-2-16)11-18(17)15-37)35-28-34-14-21(29(31,32)33)25(36-28)23-13-24-26(42-23)27(39)38(19-3-4-19)9-10-43(24,40)41/h11-14,16,19H,1-10,15H2,(H,34,35,36). The fraction of sp³-hybridized carbons (Fsp3) is 0.483. The van der Waals surface area contributed by atoms with Gasteiger partial charge in [0.1, 0.15) is 17.1 Å². The quantitative estimate of drug-likeness (QED) is 0.340. The molecular formula is C29H29F4N5O3S2. The molecular weight excluding hydrogens is 606 g/mol. The summed E-state index contributed by atoms with van der Waals surface area (Å²) in [5.41, 5.74) is 2.35. The lowest BCUT2D eigenvalue weighted by Crippen LogP contribution is -2.34. The van der Waals surface area contributed by atoms with Crippen LogP contribution in [0.3, 0.4) is 0 Å². The van der Waals surface area contributed by atoms with Crippen LogP contribution in [0.5, 0.6) is 0 Å². The summed E-state index contributed by atoms with van der Waals surface area (Å²) in [4.78, 5) is 24.8. The topological polar surface area (TPSA) is 95.5 Å². The first-order valence-electron chi connectivity index (χ1n) is 14.3. The van der Waals surface area contributed by atoms with Crippen molar-refractivity contribution in [2.75, 3.05) is 37.4 Å². The van der Waals surface area contributed by atoms with E-state index in [1.165, 1.54) is 4.90 Å². The molecule has 14 heteroatoms. The zero-order chi connectivity index (χ0) is 30.1. The van der Waals surface area contributed by atoms with Crippen molar-refractivity contribution >= 4 is 38.7 Å². The van der Waals surface area contributed by atoms with Gasteiger partial charge in [0.05, 0.1) is 21.2 Å². The third-order valence-corrected chi connectivity index (χ3v) is 11.5. The zero-order valence-corrected chi connectivity index (χ0v) is 24.7. The van der Waals surface area contributed by atoms with Crippen molar-refractivity contribution in [3.8, 4) is 10.6 Å². The minimum atomic E-state index is -4.81. The van der Waals surface area contributed by atoms with Crippen molar-refractivity contribution in [3.05, 3.63) is 51.5 Å². The van der Waals surface area contributed by atoms with Crippen molar-refractivity contribution in [1.29, 1.82) is 0 Å². The number of sulfone groups is 1. The molecule has 4 aliphatic rings. The van der Waals surface area contributed by atoms with E-state index in [0.29, 0.717) is 37.4 Å². The first kappa shape index (κ1) is 28.7. The van der Waals surface area contributed by atoms with Crippen molar-refractivity contribution in [3.63, 3.8) is 0 Å². The number of amides is 1. The molecule has 0 radical (unpaired) electrons. The third-order valence-electron chi connectivity index (χ3n) is 8.53. The average Bonchev–Trinajstić information content (AvgIpc) is 3.90. The van der Waals surface area contributed by atoms with Crippen LogP contribution in [0.4, 0.5) is 29.2 Å². The second-order valence-electron chi connectivity index (χ2n) is 11.6. The van der Waals surface area contributed by atoms with Gasteiger partial charge >= 0.3 is 6.18 Å². The minimum absolute atomic E-state index is 0.0381. The number of carbonyl (C=O) groups excluding carboxylic acids is 1. The van der Waals surface area contributed by atoms with Crippen LogP contribution in [0.25, 0.3) is 10.6 Å². The van der Waals surface area contributed by atoms with Gasteiger partial charge in [-0.15, -0.1) is 11.3 Å². The molecule has 2 aliphatic carbocycles. The van der Waals surface area contributed by atoms with E-state index < -0.39 is 39.9 Å². The van der Waals surface area contributed by atoms with Crippen molar-refractivity contribution in [1.82, 2.24) is 19.8 Å². The molecule has 1 aromatic carbocycles. The number of rotatable bonds is 7. The van der Waals surface area contributed by atoms with E-state index in [1.54, 1.807) is 0 Å². The number of anilines is 2. The highest BCUT2D eigenvalue weighted by Crippen LogP contribution is 2.46. The van der Waals surface area contributed by atoms with Gasteiger partial charge in [-0.05, 0) is 66.8 Å². The fourth-order valence-corrected chi connectivity index (χ4v) is 8.88. The smallest absolute Gasteiger partial charge is 0.334 e. The summed E-state index contributed by atoms with van der Waals surface area (Å²) in [6, 6.07) is 5.21. The maximum Gasteiger partial charge on any atom is 0.420 e. The third kappa shape index (κ3) is 5.53. The normalized spacial score (nSPS) is 20.5. The average molecular weight is 636 g/mol. The number of thiophene rings is 1. The molecule has 2 aromatic heterocycles. The number of hydrogen-bond acceptors (Lipinski definition) is 8. The first-order chi connectivity index (χ1) is 20.5. The summed E-state index contributed by atoms with van der Waals surface area (Å²) < 4.78 is 81.7. The lowest BCUT2D eigenvalue weighted by Gasteiger charge is -2.29. The zero-order valence-electron chi connectivity index (χ0n) is 23.1. The highest BCUT2D eigenvalue weighted by atomic mass is 32.2. The van der Waals surface area contributed by atoms with Gasteiger partial charge < -0.3 is 10.2 Å². The van der Waals surface area contributed by atoms with Gasteiger partial charge in [0.15, 0.2) is 9.84 Å². The first-order valence-corrected chi connectivity index (χ1v) is 16.8. The molecule has 1 N–H and O–H groups in total. The molecule has 2 aliphatic heterocycles. The summed E-state index contributed by atoms with van der Waals surface area (Å²) in [6.45, 7) is 1.38. The van der Waals surface area contributed by atoms with E-state index in [-0.39, 0.29) is 38.9 Å². The van der Waals surface area contributed by atoms with Crippen molar-refractivity contribution < 1.29 is 30.8 Å². The van der Waals surface area contributed by atoms with Gasteiger partial charge in [-0.1, -0.05) is 6.07 Å². The largest absolute Gasteiger partial charge is 0.420 e. The lowest BCUT2D eigenvalue weighted by molar-refractivity contribution is -0.137. The van der Waals surface area contributed by atoms with Crippen LogP contribution >= 0.6 is 11.3 Å². The monoisotopic (exact) mass is 635 g/mol. The molecule has 0 bridgehead atoms. The Balaban J connectivity index is 1.28. The predicted molar refractivity (Wildman–Crippen MR) is 153 cm³/mol. The van der Waals surface area contributed by atoms with Crippen molar-refractivity contribution in [2.45, 2.75) is 61.7 Å². The Labute approximate surface area is 250 Å². The molecule has 228 valence electrons. The number of hydrogen-bond donors (Lipinski definition) is 1. The van der Waals surface area contributed by atoms with Crippen LogP contribution in [-0.4, -0.2) is 72.2 Å². The molecule has 0 atom stereocenters. The van der Waals surface area contributed by atoms with E-state index >= 15 is 0 Å². The maximum absolute atomic E-state index is 14.2.